The van der Waals surface area contributed by atoms with Gasteiger partial charge < -0.3 is 10.7 Å². The molecule has 4 rings (SSSR count). The first-order valence-electron chi connectivity index (χ1n) is 12.3. The van der Waals surface area contributed by atoms with E-state index in [4.69, 9.17) is 5.41 Å². The molecule has 0 spiro atoms. The highest BCUT2D eigenvalue weighted by molar-refractivity contribution is 7.97. The first-order valence-corrected chi connectivity index (χ1v) is 13.1. The van der Waals surface area contributed by atoms with E-state index < -0.39 is 0 Å². The molecule has 0 radical (unpaired) electrons. The summed E-state index contributed by atoms with van der Waals surface area (Å²) in [4.78, 5) is 0.946. The highest BCUT2D eigenvalue weighted by Crippen LogP contribution is 2.43. The number of rotatable bonds is 8. The summed E-state index contributed by atoms with van der Waals surface area (Å²) in [6.07, 6.45) is 11.6. The predicted octanol–water partition coefficient (Wildman–Crippen LogP) is 7.63. The molecule has 0 saturated heterocycles. The zero-order chi connectivity index (χ0) is 24.3. The summed E-state index contributed by atoms with van der Waals surface area (Å²) < 4.78 is 17.7. The summed E-state index contributed by atoms with van der Waals surface area (Å²) in [6, 6.07) is 5.47. The molecule has 2 atom stereocenters. The molecule has 1 saturated carbocycles. The quantitative estimate of drug-likeness (QED) is 0.178. The maximum Gasteiger partial charge on any atom is 0.152 e. The molecule has 2 aliphatic rings. The van der Waals surface area contributed by atoms with Crippen LogP contribution >= 0.6 is 11.9 Å². The van der Waals surface area contributed by atoms with Crippen molar-refractivity contribution in [3.05, 3.63) is 58.6 Å². The molecule has 0 amide bonds. The van der Waals surface area contributed by atoms with E-state index in [1.54, 1.807) is 6.07 Å². The predicted molar refractivity (Wildman–Crippen MR) is 140 cm³/mol. The largest absolute Gasteiger partial charge is 0.336 e. The second-order valence-electron chi connectivity index (χ2n) is 10.4. The third-order valence-electron chi connectivity index (χ3n) is 6.81. The number of anilines is 2. The minimum absolute atomic E-state index is 0.0451. The molecule has 1 aromatic carbocycles. The van der Waals surface area contributed by atoms with Gasteiger partial charge in [-0.05, 0) is 77.8 Å². The van der Waals surface area contributed by atoms with Gasteiger partial charge in [0.2, 0.25) is 0 Å². The van der Waals surface area contributed by atoms with Crippen LogP contribution in [0.5, 0.6) is 0 Å². The first kappa shape index (κ1) is 24.7. The second kappa shape index (κ2) is 10.5. The van der Waals surface area contributed by atoms with E-state index in [1.807, 2.05) is 12.1 Å². The van der Waals surface area contributed by atoms with Crippen molar-refractivity contribution in [2.75, 3.05) is 5.32 Å². The lowest BCUT2D eigenvalue weighted by Gasteiger charge is -2.22. The van der Waals surface area contributed by atoms with Crippen molar-refractivity contribution in [3.8, 4) is 0 Å². The number of aromatic nitrogens is 2. The highest BCUT2D eigenvalue weighted by atomic mass is 32.2. The van der Waals surface area contributed by atoms with E-state index in [-0.39, 0.29) is 11.2 Å². The Morgan fingerprint density at radius 2 is 2.12 bits per heavy atom. The summed E-state index contributed by atoms with van der Waals surface area (Å²) in [7, 11) is 0. The van der Waals surface area contributed by atoms with Crippen LogP contribution in [0.3, 0.4) is 0 Å². The zero-order valence-electron chi connectivity index (χ0n) is 20.6. The Labute approximate surface area is 206 Å². The van der Waals surface area contributed by atoms with Gasteiger partial charge in [0.05, 0.1) is 5.69 Å². The molecule has 182 valence electrons. The SMILES string of the molecule is CCC/C=C(\C=C(/C=N)C(C)(C)C)C1CCC(c2cc(Nc3cc4c(cc3F)SNC4)n[nH]2)C1. The maximum atomic E-state index is 14.5. The van der Waals surface area contributed by atoms with Crippen LogP contribution in [0.2, 0.25) is 0 Å². The summed E-state index contributed by atoms with van der Waals surface area (Å²) in [5.41, 5.74) is 5.05. The summed E-state index contributed by atoms with van der Waals surface area (Å²) in [5, 5.41) is 18.7. The van der Waals surface area contributed by atoms with Crippen molar-refractivity contribution < 1.29 is 4.39 Å². The number of aromatic amines is 1. The zero-order valence-corrected chi connectivity index (χ0v) is 21.4. The Morgan fingerprint density at radius 1 is 1.29 bits per heavy atom. The summed E-state index contributed by atoms with van der Waals surface area (Å²) in [5.74, 6) is 1.26. The number of hydrogen-bond acceptors (Lipinski definition) is 5. The van der Waals surface area contributed by atoms with Gasteiger partial charge in [-0.3, -0.25) is 9.82 Å². The Balaban J connectivity index is 1.47. The molecule has 5 nitrogen and oxygen atoms in total. The number of halogens is 1. The minimum Gasteiger partial charge on any atom is -0.336 e. The van der Waals surface area contributed by atoms with E-state index in [2.05, 4.69) is 60.1 Å². The van der Waals surface area contributed by atoms with Crippen molar-refractivity contribution in [2.24, 2.45) is 11.3 Å². The van der Waals surface area contributed by atoms with Gasteiger partial charge in [-0.15, -0.1) is 0 Å². The lowest BCUT2D eigenvalue weighted by atomic mass is 9.83. The van der Waals surface area contributed by atoms with Gasteiger partial charge in [0, 0.05) is 35.3 Å². The van der Waals surface area contributed by atoms with Crippen molar-refractivity contribution >= 4 is 29.7 Å². The monoisotopic (exact) mass is 481 g/mol. The van der Waals surface area contributed by atoms with E-state index >= 15 is 0 Å². The smallest absolute Gasteiger partial charge is 0.152 e. The van der Waals surface area contributed by atoms with Crippen LogP contribution in [0.1, 0.15) is 77.0 Å². The molecule has 2 aromatic rings. The number of unbranched alkanes of at least 4 members (excludes halogenated alkanes) is 1. The fourth-order valence-corrected chi connectivity index (χ4v) is 5.55. The molecule has 34 heavy (non-hydrogen) atoms. The Hall–Kier alpha value is -2.38. The van der Waals surface area contributed by atoms with Crippen LogP contribution in [-0.2, 0) is 6.54 Å². The summed E-state index contributed by atoms with van der Waals surface area (Å²) >= 11 is 1.47. The van der Waals surface area contributed by atoms with E-state index in [9.17, 15) is 4.39 Å². The molecule has 1 aliphatic carbocycles. The lowest BCUT2D eigenvalue weighted by molar-refractivity contribution is 0.523. The van der Waals surface area contributed by atoms with Crippen molar-refractivity contribution in [3.63, 3.8) is 0 Å². The Kier molecular flexibility index (Phi) is 7.63. The number of benzene rings is 1. The van der Waals surface area contributed by atoms with Gasteiger partial charge in [-0.2, -0.15) is 5.10 Å². The van der Waals surface area contributed by atoms with Crippen LogP contribution in [0.4, 0.5) is 15.9 Å². The number of allylic oxidation sites excluding steroid dienone is 4. The summed E-state index contributed by atoms with van der Waals surface area (Å²) in [6.45, 7) is 9.43. The number of H-pyrrole nitrogens is 1. The normalized spacial score (nSPS) is 21.1. The molecular formula is C27H36FN5S. The number of nitrogens with zero attached hydrogens (tertiary/aromatic N) is 1. The topological polar surface area (TPSA) is 76.6 Å². The van der Waals surface area contributed by atoms with Gasteiger partial charge in [-0.1, -0.05) is 46.3 Å². The molecule has 0 bridgehead atoms. The fourth-order valence-electron chi connectivity index (χ4n) is 4.74. The van der Waals surface area contributed by atoms with E-state index in [1.165, 1.54) is 23.7 Å². The number of nitrogens with one attached hydrogen (secondary N) is 4. The Bertz CT molecular complexity index is 1090. The fraction of sp³-hybridized carbons (Fsp3) is 0.481. The number of fused-ring (bicyclic) bond motifs is 1. The van der Waals surface area contributed by atoms with Crippen LogP contribution < -0.4 is 10.0 Å². The van der Waals surface area contributed by atoms with Gasteiger partial charge in [0.25, 0.3) is 0 Å². The molecule has 1 fully saturated rings. The standard InChI is InChI=1S/C27H36FN5S/c1-5-6-7-17(11-21(15-29)27(2,3)4)18-8-9-19(10-18)23-14-26(33-32-23)31-24-12-20-16-30-34-25(20)13-22(24)28/h7,11-15,18-19,29-30H,5-6,8-10,16H2,1-4H3,(H2,31,32,33)/b17-7+,21-11+,29-15?. The van der Waals surface area contributed by atoms with Crippen LogP contribution in [0.25, 0.3) is 0 Å². The lowest BCUT2D eigenvalue weighted by Crippen LogP contribution is -2.12. The van der Waals surface area contributed by atoms with Crippen molar-refractivity contribution in [2.45, 2.75) is 77.2 Å². The molecule has 2 unspecified atom stereocenters. The van der Waals surface area contributed by atoms with Gasteiger partial charge >= 0.3 is 0 Å². The van der Waals surface area contributed by atoms with E-state index in [0.717, 1.165) is 60.4 Å². The van der Waals surface area contributed by atoms with Crippen LogP contribution in [0, 0.1) is 22.6 Å². The molecule has 1 aromatic heterocycles. The number of hydrogen-bond donors (Lipinski definition) is 4. The van der Waals surface area contributed by atoms with Gasteiger partial charge in [-0.25, -0.2) is 4.39 Å². The molecule has 1 aliphatic heterocycles. The Morgan fingerprint density at radius 3 is 2.85 bits per heavy atom. The average Bonchev–Trinajstić information content (AvgIpc) is 3.54. The highest BCUT2D eigenvalue weighted by Gasteiger charge is 2.30. The first-order chi connectivity index (χ1) is 16.3. The maximum absolute atomic E-state index is 14.5. The molecular weight excluding hydrogens is 445 g/mol. The van der Waals surface area contributed by atoms with Gasteiger partial charge in [0.15, 0.2) is 5.82 Å². The molecule has 2 heterocycles. The molecule has 4 N–H and O–H groups in total. The van der Waals surface area contributed by atoms with Crippen LogP contribution in [0.15, 0.2) is 46.4 Å². The molecule has 7 heteroatoms. The van der Waals surface area contributed by atoms with Crippen molar-refractivity contribution in [1.29, 1.82) is 5.41 Å². The average molecular weight is 482 g/mol. The van der Waals surface area contributed by atoms with Crippen molar-refractivity contribution in [1.82, 2.24) is 14.9 Å². The third kappa shape index (κ3) is 5.63. The second-order valence-corrected chi connectivity index (χ2v) is 11.3. The van der Waals surface area contributed by atoms with Gasteiger partial charge in [0.1, 0.15) is 5.82 Å². The van der Waals surface area contributed by atoms with Crippen LogP contribution in [-0.4, -0.2) is 16.4 Å². The van der Waals surface area contributed by atoms with E-state index in [0.29, 0.717) is 23.3 Å². The third-order valence-corrected chi connectivity index (χ3v) is 7.70. The minimum atomic E-state index is -0.265.